The van der Waals surface area contributed by atoms with E-state index in [0.717, 1.165) is 50.2 Å². The summed E-state index contributed by atoms with van der Waals surface area (Å²) in [6.07, 6.45) is 6.42. The third kappa shape index (κ3) is 6.02. The molecule has 0 bridgehead atoms. The van der Waals surface area contributed by atoms with Crippen LogP contribution in [0.1, 0.15) is 58.2 Å². The highest BCUT2D eigenvalue weighted by atomic mass is 16.3. The lowest BCUT2D eigenvalue weighted by Gasteiger charge is -2.24. The number of aliphatic hydroxyl groups excluding tert-OH is 1. The molecule has 4 heteroatoms. The van der Waals surface area contributed by atoms with Gasteiger partial charge in [-0.1, -0.05) is 27.2 Å². The Morgan fingerprint density at radius 2 is 2.00 bits per heavy atom. The lowest BCUT2D eigenvalue weighted by atomic mass is 10.1. The molecule has 0 aliphatic rings. The molecule has 1 rings (SSSR count). The molecule has 1 aromatic heterocycles. The third-order valence-corrected chi connectivity index (χ3v) is 3.69. The van der Waals surface area contributed by atoms with E-state index in [0.29, 0.717) is 12.6 Å². The Labute approximate surface area is 129 Å². The predicted octanol–water partition coefficient (Wildman–Crippen LogP) is 3.13. The van der Waals surface area contributed by atoms with Crippen LogP contribution in [0.25, 0.3) is 0 Å². The lowest BCUT2D eigenvalue weighted by Crippen LogP contribution is -2.28. The summed E-state index contributed by atoms with van der Waals surface area (Å²) in [5, 5.41) is 12.7. The number of nitrogens with zero attached hydrogens (tertiary/aromatic N) is 2. The van der Waals surface area contributed by atoms with Gasteiger partial charge in [0.2, 0.25) is 0 Å². The molecule has 0 spiro atoms. The van der Waals surface area contributed by atoms with E-state index in [1.165, 1.54) is 0 Å². The Morgan fingerprint density at radius 3 is 2.52 bits per heavy atom. The van der Waals surface area contributed by atoms with Crippen LogP contribution in [-0.2, 0) is 0 Å². The van der Waals surface area contributed by atoms with Gasteiger partial charge in [-0.3, -0.25) is 4.98 Å². The molecule has 1 heterocycles. The third-order valence-electron chi connectivity index (χ3n) is 3.69. The highest BCUT2D eigenvalue weighted by Gasteiger charge is 2.11. The standard InChI is InChI=1S/C17H31N3O/c1-4-7-11-20(12-13-21)15-8-9-17(19-14-15)16(6-3)18-10-5-2/h8-9,14,16,18,21H,4-7,10-13H2,1-3H3. The van der Waals surface area contributed by atoms with E-state index in [1.54, 1.807) is 0 Å². The van der Waals surface area contributed by atoms with Gasteiger partial charge in [0.05, 0.1) is 24.2 Å². The van der Waals surface area contributed by atoms with Crippen LogP contribution in [0.4, 0.5) is 5.69 Å². The first kappa shape index (κ1) is 17.9. The zero-order valence-electron chi connectivity index (χ0n) is 13.8. The second kappa shape index (κ2) is 10.6. The van der Waals surface area contributed by atoms with Gasteiger partial charge in [0.1, 0.15) is 0 Å². The van der Waals surface area contributed by atoms with Crippen molar-refractivity contribution in [2.45, 2.75) is 52.5 Å². The summed E-state index contributed by atoms with van der Waals surface area (Å²) in [6.45, 7) is 9.40. The van der Waals surface area contributed by atoms with Crippen molar-refractivity contribution in [3.63, 3.8) is 0 Å². The van der Waals surface area contributed by atoms with E-state index in [2.05, 4.69) is 48.1 Å². The van der Waals surface area contributed by atoms with E-state index in [-0.39, 0.29) is 6.61 Å². The van der Waals surface area contributed by atoms with Gasteiger partial charge in [0, 0.05) is 19.1 Å². The Balaban J connectivity index is 2.73. The number of hydrogen-bond acceptors (Lipinski definition) is 4. The van der Waals surface area contributed by atoms with Gasteiger partial charge in [-0.2, -0.15) is 0 Å². The lowest BCUT2D eigenvalue weighted by molar-refractivity contribution is 0.301. The molecule has 0 aliphatic heterocycles. The predicted molar refractivity (Wildman–Crippen MR) is 89.8 cm³/mol. The van der Waals surface area contributed by atoms with Gasteiger partial charge in [-0.05, 0) is 37.9 Å². The summed E-state index contributed by atoms with van der Waals surface area (Å²) < 4.78 is 0. The van der Waals surface area contributed by atoms with Gasteiger partial charge < -0.3 is 15.3 Å². The van der Waals surface area contributed by atoms with Crippen molar-refractivity contribution in [2.24, 2.45) is 0 Å². The van der Waals surface area contributed by atoms with Gasteiger partial charge >= 0.3 is 0 Å². The number of hydrogen-bond donors (Lipinski definition) is 2. The van der Waals surface area contributed by atoms with Crippen LogP contribution in [0.15, 0.2) is 18.3 Å². The van der Waals surface area contributed by atoms with E-state index in [9.17, 15) is 5.11 Å². The summed E-state index contributed by atoms with van der Waals surface area (Å²) in [5.74, 6) is 0. The summed E-state index contributed by atoms with van der Waals surface area (Å²) in [4.78, 5) is 6.84. The number of aromatic nitrogens is 1. The number of aliphatic hydroxyl groups is 1. The molecule has 0 saturated heterocycles. The number of anilines is 1. The summed E-state index contributed by atoms with van der Waals surface area (Å²) in [7, 11) is 0. The van der Waals surface area contributed by atoms with Gasteiger partial charge in [-0.15, -0.1) is 0 Å². The van der Waals surface area contributed by atoms with Crippen LogP contribution in [0.3, 0.4) is 0 Å². The molecular formula is C17H31N3O. The Hall–Kier alpha value is -1.13. The fourth-order valence-electron chi connectivity index (χ4n) is 2.41. The monoisotopic (exact) mass is 293 g/mol. The van der Waals surface area contributed by atoms with Gasteiger partial charge in [0.15, 0.2) is 0 Å². The van der Waals surface area contributed by atoms with Crippen LogP contribution >= 0.6 is 0 Å². The Bertz CT molecular complexity index is 367. The number of nitrogens with one attached hydrogen (secondary N) is 1. The second-order valence-electron chi connectivity index (χ2n) is 5.42. The minimum absolute atomic E-state index is 0.182. The molecule has 0 radical (unpaired) electrons. The van der Waals surface area contributed by atoms with Crippen molar-refractivity contribution in [3.8, 4) is 0 Å². The van der Waals surface area contributed by atoms with E-state index < -0.39 is 0 Å². The smallest absolute Gasteiger partial charge is 0.0606 e. The molecule has 120 valence electrons. The molecule has 2 N–H and O–H groups in total. The SMILES string of the molecule is CCCCN(CCO)c1ccc(C(CC)NCCC)nc1. The fraction of sp³-hybridized carbons (Fsp3) is 0.706. The number of pyridine rings is 1. The van der Waals surface area contributed by atoms with Crippen LogP contribution in [0.5, 0.6) is 0 Å². The van der Waals surface area contributed by atoms with E-state index in [1.807, 2.05) is 6.20 Å². The number of rotatable bonds is 11. The molecule has 0 amide bonds. The maximum Gasteiger partial charge on any atom is 0.0606 e. The van der Waals surface area contributed by atoms with Crippen LogP contribution in [0, 0.1) is 0 Å². The van der Waals surface area contributed by atoms with Gasteiger partial charge in [-0.25, -0.2) is 0 Å². The molecule has 1 atom stereocenters. The summed E-state index contributed by atoms with van der Waals surface area (Å²) >= 11 is 0. The molecule has 1 aromatic rings. The minimum Gasteiger partial charge on any atom is -0.395 e. The molecule has 1 unspecified atom stereocenters. The highest BCUT2D eigenvalue weighted by molar-refractivity contribution is 5.44. The maximum atomic E-state index is 9.20. The Kier molecular flexibility index (Phi) is 9.02. The van der Waals surface area contributed by atoms with Crippen molar-refractivity contribution >= 4 is 5.69 Å². The quantitative estimate of drug-likeness (QED) is 0.658. The molecule has 0 saturated carbocycles. The van der Waals surface area contributed by atoms with Crippen molar-refractivity contribution in [1.82, 2.24) is 10.3 Å². The average Bonchev–Trinajstić information content (AvgIpc) is 2.53. The largest absolute Gasteiger partial charge is 0.395 e. The first-order valence-corrected chi connectivity index (χ1v) is 8.31. The van der Waals surface area contributed by atoms with Crippen LogP contribution in [-0.4, -0.2) is 36.3 Å². The highest BCUT2D eigenvalue weighted by Crippen LogP contribution is 2.19. The molecule has 4 nitrogen and oxygen atoms in total. The van der Waals surface area contributed by atoms with Crippen LogP contribution in [0.2, 0.25) is 0 Å². The summed E-state index contributed by atoms with van der Waals surface area (Å²) in [6, 6.07) is 4.58. The zero-order chi connectivity index (χ0) is 15.5. The normalized spacial score (nSPS) is 12.4. The van der Waals surface area contributed by atoms with Crippen molar-refractivity contribution < 1.29 is 5.11 Å². The van der Waals surface area contributed by atoms with Crippen molar-refractivity contribution in [3.05, 3.63) is 24.0 Å². The average molecular weight is 293 g/mol. The first-order valence-electron chi connectivity index (χ1n) is 8.31. The van der Waals surface area contributed by atoms with Crippen LogP contribution < -0.4 is 10.2 Å². The second-order valence-corrected chi connectivity index (χ2v) is 5.42. The molecule has 0 aliphatic carbocycles. The molecule has 0 fully saturated rings. The molecule has 0 aromatic carbocycles. The van der Waals surface area contributed by atoms with E-state index in [4.69, 9.17) is 0 Å². The van der Waals surface area contributed by atoms with Crippen molar-refractivity contribution in [1.29, 1.82) is 0 Å². The first-order chi connectivity index (χ1) is 10.3. The molecular weight excluding hydrogens is 262 g/mol. The maximum absolute atomic E-state index is 9.20. The zero-order valence-corrected chi connectivity index (χ0v) is 13.8. The van der Waals surface area contributed by atoms with E-state index >= 15 is 0 Å². The Morgan fingerprint density at radius 1 is 1.19 bits per heavy atom. The topological polar surface area (TPSA) is 48.4 Å². The fourth-order valence-corrected chi connectivity index (χ4v) is 2.41. The minimum atomic E-state index is 0.182. The number of unbranched alkanes of at least 4 members (excludes halogenated alkanes) is 1. The molecule has 21 heavy (non-hydrogen) atoms. The van der Waals surface area contributed by atoms with Crippen molar-refractivity contribution in [2.75, 3.05) is 31.1 Å². The summed E-state index contributed by atoms with van der Waals surface area (Å²) in [5.41, 5.74) is 2.21. The van der Waals surface area contributed by atoms with Gasteiger partial charge in [0.25, 0.3) is 0 Å².